The van der Waals surface area contributed by atoms with E-state index in [1.54, 1.807) is 0 Å². The van der Waals surface area contributed by atoms with E-state index in [1.807, 2.05) is 0 Å². The number of rotatable bonds is 3. The van der Waals surface area contributed by atoms with Crippen LogP contribution in [-0.4, -0.2) is 25.5 Å². The zero-order valence-electron chi connectivity index (χ0n) is 5.94. The summed E-state index contributed by atoms with van der Waals surface area (Å²) in [5.74, 6) is -0.450. The molecule has 7 heteroatoms. The van der Waals surface area contributed by atoms with Crippen LogP contribution in [0.3, 0.4) is 0 Å². The number of nitrogens with one attached hydrogen (secondary N) is 1. The fourth-order valence-electron chi connectivity index (χ4n) is 0.550. The summed E-state index contributed by atoms with van der Waals surface area (Å²) in [6.07, 6.45) is 2.84. The maximum Gasteiger partial charge on any atom is 0.254 e. The molecule has 1 N–H and O–H groups in total. The van der Waals surface area contributed by atoms with Gasteiger partial charge in [-0.05, 0) is 0 Å². The Morgan fingerprint density at radius 3 is 2.92 bits per heavy atom. The van der Waals surface area contributed by atoms with Gasteiger partial charge in [-0.15, -0.1) is 0 Å². The molecule has 66 valence electrons. The van der Waals surface area contributed by atoms with E-state index < -0.39 is 10.7 Å². The maximum absolute atomic E-state index is 10.8. The number of nitrogens with zero attached hydrogens (tertiary/aromatic N) is 3. The maximum atomic E-state index is 10.8. The van der Waals surface area contributed by atoms with Crippen LogP contribution >= 0.6 is 23.2 Å². The predicted molar refractivity (Wildman–Crippen MR) is 43.7 cm³/mol. The average molecular weight is 209 g/mol. The Bertz CT molecular complexity index is 248. The van der Waals surface area contributed by atoms with Crippen LogP contribution in [0.15, 0.2) is 12.7 Å². The Morgan fingerprint density at radius 1 is 1.67 bits per heavy atom. The smallest absolute Gasteiger partial charge is 0.254 e. The normalized spacial score (nSPS) is 10.2. The van der Waals surface area contributed by atoms with Gasteiger partial charge in [-0.2, -0.15) is 5.10 Å². The summed E-state index contributed by atoms with van der Waals surface area (Å²) < 4.78 is 1.44. The molecule has 0 aliphatic rings. The molecule has 0 aliphatic heterocycles. The van der Waals surface area contributed by atoms with E-state index in [-0.39, 0.29) is 6.67 Å². The molecule has 5 nitrogen and oxygen atoms in total. The summed E-state index contributed by atoms with van der Waals surface area (Å²) in [5.41, 5.74) is 0. The SMILES string of the molecule is O=C(NCn1cncn1)C(Cl)Cl. The van der Waals surface area contributed by atoms with Crippen molar-refractivity contribution < 1.29 is 4.79 Å². The number of halogens is 2. The van der Waals surface area contributed by atoms with Gasteiger partial charge >= 0.3 is 0 Å². The molecule has 1 heterocycles. The molecule has 0 saturated heterocycles. The third-order valence-electron chi connectivity index (χ3n) is 1.08. The van der Waals surface area contributed by atoms with Crippen LogP contribution in [-0.2, 0) is 11.5 Å². The first-order valence-electron chi connectivity index (χ1n) is 3.08. The minimum atomic E-state index is -1.05. The monoisotopic (exact) mass is 208 g/mol. The van der Waals surface area contributed by atoms with Crippen molar-refractivity contribution in [2.45, 2.75) is 11.5 Å². The first-order valence-corrected chi connectivity index (χ1v) is 3.95. The van der Waals surface area contributed by atoms with E-state index in [0.29, 0.717) is 0 Å². The summed E-state index contributed by atoms with van der Waals surface area (Å²) in [5, 5.41) is 6.19. The van der Waals surface area contributed by atoms with Crippen molar-refractivity contribution in [3.05, 3.63) is 12.7 Å². The van der Waals surface area contributed by atoms with Gasteiger partial charge in [-0.1, -0.05) is 23.2 Å². The highest BCUT2D eigenvalue weighted by molar-refractivity contribution is 6.53. The van der Waals surface area contributed by atoms with Gasteiger partial charge in [0.25, 0.3) is 5.91 Å². The van der Waals surface area contributed by atoms with Gasteiger partial charge in [0.1, 0.15) is 19.3 Å². The lowest BCUT2D eigenvalue weighted by atomic mass is 10.7. The van der Waals surface area contributed by atoms with E-state index in [9.17, 15) is 4.79 Å². The molecule has 0 atom stereocenters. The summed E-state index contributed by atoms with van der Waals surface area (Å²) in [7, 11) is 0. The number of carbonyl (C=O) groups excluding carboxylic acids is 1. The Balaban J connectivity index is 2.32. The molecule has 0 saturated carbocycles. The fraction of sp³-hybridized carbons (Fsp3) is 0.400. The Hall–Kier alpha value is -0.810. The molecule has 0 bridgehead atoms. The summed E-state index contributed by atoms with van der Waals surface area (Å²) in [6, 6.07) is 0. The van der Waals surface area contributed by atoms with Crippen molar-refractivity contribution >= 4 is 29.1 Å². The molecule has 1 rings (SSSR count). The number of aromatic nitrogens is 3. The van der Waals surface area contributed by atoms with E-state index in [1.165, 1.54) is 17.3 Å². The molecule has 0 radical (unpaired) electrons. The lowest BCUT2D eigenvalue weighted by Crippen LogP contribution is -2.30. The summed E-state index contributed by atoms with van der Waals surface area (Å²) >= 11 is 10.6. The summed E-state index contributed by atoms with van der Waals surface area (Å²) in [4.78, 5) is 13.4. The van der Waals surface area contributed by atoms with Crippen LogP contribution < -0.4 is 5.32 Å². The minimum absolute atomic E-state index is 0.217. The summed E-state index contributed by atoms with van der Waals surface area (Å²) in [6.45, 7) is 0.217. The van der Waals surface area contributed by atoms with Gasteiger partial charge in [0, 0.05) is 0 Å². The molecule has 0 aliphatic carbocycles. The zero-order chi connectivity index (χ0) is 8.97. The number of alkyl halides is 2. The van der Waals surface area contributed by atoms with Crippen molar-refractivity contribution in [3.63, 3.8) is 0 Å². The molecule has 1 aromatic heterocycles. The largest absolute Gasteiger partial charge is 0.334 e. The molecule has 1 amide bonds. The van der Waals surface area contributed by atoms with Crippen LogP contribution in [0.1, 0.15) is 0 Å². The lowest BCUT2D eigenvalue weighted by molar-refractivity contribution is -0.120. The third-order valence-corrected chi connectivity index (χ3v) is 1.48. The van der Waals surface area contributed by atoms with Gasteiger partial charge in [-0.25, -0.2) is 9.67 Å². The van der Waals surface area contributed by atoms with Crippen molar-refractivity contribution in [1.29, 1.82) is 0 Å². The number of amides is 1. The van der Waals surface area contributed by atoms with Crippen molar-refractivity contribution in [2.24, 2.45) is 0 Å². The van der Waals surface area contributed by atoms with Gasteiger partial charge in [0.15, 0.2) is 4.84 Å². The predicted octanol–water partition coefficient (Wildman–Crippen LogP) is 0.155. The highest BCUT2D eigenvalue weighted by atomic mass is 35.5. The molecule has 1 aromatic rings. The number of hydrogen-bond donors (Lipinski definition) is 1. The van der Waals surface area contributed by atoms with E-state index in [4.69, 9.17) is 23.2 Å². The Labute approximate surface area is 78.7 Å². The highest BCUT2D eigenvalue weighted by Crippen LogP contribution is 1.99. The van der Waals surface area contributed by atoms with Crippen LogP contribution in [0, 0.1) is 0 Å². The molecule has 12 heavy (non-hydrogen) atoms. The van der Waals surface area contributed by atoms with Crippen LogP contribution in [0.4, 0.5) is 0 Å². The molecule has 0 spiro atoms. The van der Waals surface area contributed by atoms with Gasteiger partial charge < -0.3 is 5.32 Å². The Morgan fingerprint density at radius 2 is 2.42 bits per heavy atom. The lowest BCUT2D eigenvalue weighted by Gasteiger charge is -2.03. The topological polar surface area (TPSA) is 59.8 Å². The molecular weight excluding hydrogens is 203 g/mol. The second-order valence-corrected chi connectivity index (χ2v) is 3.03. The number of hydrogen-bond acceptors (Lipinski definition) is 3. The van der Waals surface area contributed by atoms with Gasteiger partial charge in [0.2, 0.25) is 0 Å². The quantitative estimate of drug-likeness (QED) is 0.721. The average Bonchev–Trinajstić information content (AvgIpc) is 2.51. The fourth-order valence-corrected chi connectivity index (χ4v) is 0.705. The van der Waals surface area contributed by atoms with Crippen LogP contribution in [0.2, 0.25) is 0 Å². The first kappa shape index (κ1) is 9.28. The van der Waals surface area contributed by atoms with Crippen LogP contribution in [0.5, 0.6) is 0 Å². The second-order valence-electron chi connectivity index (χ2n) is 1.93. The number of carbonyl (C=O) groups is 1. The molecule has 0 aromatic carbocycles. The standard InChI is InChI=1S/C5H6Cl2N4O/c6-4(7)5(12)9-3-11-2-8-1-10-11/h1-2,4H,3H2,(H,9,12). The van der Waals surface area contributed by atoms with Gasteiger partial charge in [-0.3, -0.25) is 4.79 Å². The van der Waals surface area contributed by atoms with Gasteiger partial charge in [0.05, 0.1) is 0 Å². The van der Waals surface area contributed by atoms with Crippen molar-refractivity contribution in [2.75, 3.05) is 0 Å². The van der Waals surface area contributed by atoms with Crippen LogP contribution in [0.25, 0.3) is 0 Å². The zero-order valence-corrected chi connectivity index (χ0v) is 7.46. The second kappa shape index (κ2) is 4.27. The Kier molecular flexibility index (Phi) is 3.31. The molecule has 0 fully saturated rings. The molecule has 0 unspecified atom stereocenters. The highest BCUT2D eigenvalue weighted by Gasteiger charge is 2.09. The molecular formula is C5H6Cl2N4O. The minimum Gasteiger partial charge on any atom is -0.334 e. The first-order chi connectivity index (χ1) is 5.70. The van der Waals surface area contributed by atoms with Crippen molar-refractivity contribution in [1.82, 2.24) is 20.1 Å². The van der Waals surface area contributed by atoms with E-state index in [0.717, 1.165) is 0 Å². The van der Waals surface area contributed by atoms with E-state index in [2.05, 4.69) is 15.4 Å². The third kappa shape index (κ3) is 2.67. The van der Waals surface area contributed by atoms with E-state index >= 15 is 0 Å². The van der Waals surface area contributed by atoms with Crippen molar-refractivity contribution in [3.8, 4) is 0 Å².